The van der Waals surface area contributed by atoms with E-state index < -0.39 is 0 Å². The number of rotatable bonds is 4. The quantitative estimate of drug-likeness (QED) is 0.888. The molecule has 0 saturated carbocycles. The average molecular weight is 262 g/mol. The van der Waals surface area contributed by atoms with Crippen molar-refractivity contribution in [3.05, 3.63) is 35.0 Å². The van der Waals surface area contributed by atoms with Crippen LogP contribution in [-0.4, -0.2) is 22.4 Å². The molecular formula is C12H14N4OS. The van der Waals surface area contributed by atoms with Crippen molar-refractivity contribution in [2.75, 3.05) is 17.2 Å². The number of nitrogens with zero attached hydrogens (tertiary/aromatic N) is 2. The molecule has 0 bridgehead atoms. The Hall–Kier alpha value is -1.95. The van der Waals surface area contributed by atoms with E-state index in [1.54, 1.807) is 18.3 Å². The summed E-state index contributed by atoms with van der Waals surface area (Å²) in [6, 6.07) is 3.49. The molecule has 0 aliphatic rings. The number of aromatic nitrogens is 2. The minimum absolute atomic E-state index is 0.172. The van der Waals surface area contributed by atoms with Crippen LogP contribution in [0, 0.1) is 6.92 Å². The van der Waals surface area contributed by atoms with E-state index >= 15 is 0 Å². The molecule has 2 rings (SSSR count). The molecule has 0 aliphatic heterocycles. The molecule has 0 atom stereocenters. The van der Waals surface area contributed by atoms with Crippen LogP contribution in [0.2, 0.25) is 0 Å². The first kappa shape index (κ1) is 12.5. The van der Waals surface area contributed by atoms with Gasteiger partial charge in [0.2, 0.25) is 0 Å². The first-order chi connectivity index (χ1) is 8.69. The van der Waals surface area contributed by atoms with Crippen LogP contribution in [0.15, 0.2) is 23.7 Å². The molecule has 2 aromatic heterocycles. The second-order valence-electron chi connectivity index (χ2n) is 3.70. The molecule has 1 amide bonds. The Labute approximate surface area is 109 Å². The Morgan fingerprint density at radius 2 is 2.28 bits per heavy atom. The van der Waals surface area contributed by atoms with Gasteiger partial charge in [0.15, 0.2) is 5.13 Å². The number of thiazole rings is 1. The Morgan fingerprint density at radius 3 is 2.94 bits per heavy atom. The number of hydrogen-bond donors (Lipinski definition) is 2. The van der Waals surface area contributed by atoms with Crippen LogP contribution in [0.25, 0.3) is 0 Å². The Morgan fingerprint density at radius 1 is 1.44 bits per heavy atom. The summed E-state index contributed by atoms with van der Waals surface area (Å²) >= 11 is 1.39. The lowest BCUT2D eigenvalue weighted by atomic mass is 10.2. The maximum atomic E-state index is 12.0. The number of aryl methyl sites for hydroxylation is 1. The average Bonchev–Trinajstić information content (AvgIpc) is 2.81. The molecule has 0 spiro atoms. The van der Waals surface area contributed by atoms with Crippen LogP contribution in [0.1, 0.15) is 23.0 Å². The summed E-state index contributed by atoms with van der Waals surface area (Å²) < 4.78 is 0. The van der Waals surface area contributed by atoms with Crippen molar-refractivity contribution >= 4 is 28.2 Å². The van der Waals surface area contributed by atoms with E-state index in [-0.39, 0.29) is 5.91 Å². The van der Waals surface area contributed by atoms with Gasteiger partial charge in [0.05, 0.1) is 0 Å². The Kier molecular flexibility index (Phi) is 3.88. The van der Waals surface area contributed by atoms with Crippen molar-refractivity contribution in [1.29, 1.82) is 0 Å². The number of amides is 1. The van der Waals surface area contributed by atoms with Crippen LogP contribution >= 0.6 is 11.3 Å². The van der Waals surface area contributed by atoms with Crippen molar-refractivity contribution in [3.8, 4) is 0 Å². The molecule has 18 heavy (non-hydrogen) atoms. The predicted octanol–water partition coefficient (Wildman–Crippen LogP) is 2.53. The molecule has 0 saturated heterocycles. The zero-order chi connectivity index (χ0) is 13.0. The van der Waals surface area contributed by atoms with Crippen molar-refractivity contribution in [1.82, 2.24) is 9.97 Å². The minimum Gasteiger partial charge on any atom is -0.370 e. The van der Waals surface area contributed by atoms with Gasteiger partial charge in [0.25, 0.3) is 5.91 Å². The SMILES string of the molecule is CCNc1cc(C(=O)Nc2nccs2)cc(C)n1. The van der Waals surface area contributed by atoms with Gasteiger partial charge in [-0.25, -0.2) is 9.97 Å². The molecule has 6 heteroatoms. The van der Waals surface area contributed by atoms with Gasteiger partial charge in [0, 0.05) is 29.4 Å². The molecule has 0 aliphatic carbocycles. The molecule has 2 aromatic rings. The molecule has 94 valence electrons. The fraction of sp³-hybridized carbons (Fsp3) is 0.250. The minimum atomic E-state index is -0.172. The summed E-state index contributed by atoms with van der Waals surface area (Å²) in [5, 5.41) is 8.26. The largest absolute Gasteiger partial charge is 0.370 e. The molecule has 0 unspecified atom stereocenters. The molecular weight excluding hydrogens is 248 g/mol. The van der Waals surface area contributed by atoms with Gasteiger partial charge in [-0.15, -0.1) is 11.3 Å². The van der Waals surface area contributed by atoms with Gasteiger partial charge in [-0.2, -0.15) is 0 Å². The van der Waals surface area contributed by atoms with E-state index in [0.29, 0.717) is 16.5 Å². The van der Waals surface area contributed by atoms with Gasteiger partial charge < -0.3 is 5.32 Å². The van der Waals surface area contributed by atoms with E-state index in [0.717, 1.165) is 12.2 Å². The zero-order valence-electron chi connectivity index (χ0n) is 10.2. The van der Waals surface area contributed by atoms with E-state index in [9.17, 15) is 4.79 Å². The number of hydrogen-bond acceptors (Lipinski definition) is 5. The van der Waals surface area contributed by atoms with Crippen LogP contribution in [0.4, 0.5) is 10.9 Å². The lowest BCUT2D eigenvalue weighted by Gasteiger charge is -2.07. The lowest BCUT2D eigenvalue weighted by molar-refractivity contribution is 0.102. The van der Waals surface area contributed by atoms with E-state index in [1.165, 1.54) is 11.3 Å². The second-order valence-corrected chi connectivity index (χ2v) is 4.60. The first-order valence-electron chi connectivity index (χ1n) is 5.62. The van der Waals surface area contributed by atoms with Crippen LogP contribution in [0.3, 0.4) is 0 Å². The van der Waals surface area contributed by atoms with Crippen molar-refractivity contribution in [3.63, 3.8) is 0 Å². The van der Waals surface area contributed by atoms with Crippen molar-refractivity contribution in [2.45, 2.75) is 13.8 Å². The summed E-state index contributed by atoms with van der Waals surface area (Å²) in [5.74, 6) is 0.538. The summed E-state index contributed by atoms with van der Waals surface area (Å²) in [6.07, 6.45) is 1.65. The van der Waals surface area contributed by atoms with E-state index in [2.05, 4.69) is 20.6 Å². The topological polar surface area (TPSA) is 66.9 Å². The maximum Gasteiger partial charge on any atom is 0.257 e. The number of anilines is 2. The number of carbonyl (C=O) groups excluding carboxylic acids is 1. The van der Waals surface area contributed by atoms with Crippen molar-refractivity contribution < 1.29 is 4.79 Å². The first-order valence-corrected chi connectivity index (χ1v) is 6.50. The molecule has 0 aromatic carbocycles. The van der Waals surface area contributed by atoms with Gasteiger partial charge >= 0.3 is 0 Å². The van der Waals surface area contributed by atoms with Gasteiger partial charge in [-0.3, -0.25) is 10.1 Å². The van der Waals surface area contributed by atoms with Crippen LogP contribution < -0.4 is 10.6 Å². The normalized spacial score (nSPS) is 10.1. The van der Waals surface area contributed by atoms with E-state index in [4.69, 9.17) is 0 Å². The van der Waals surface area contributed by atoms with Crippen molar-refractivity contribution in [2.24, 2.45) is 0 Å². The molecule has 0 radical (unpaired) electrons. The fourth-order valence-corrected chi connectivity index (χ4v) is 2.05. The summed E-state index contributed by atoms with van der Waals surface area (Å²) in [5.41, 5.74) is 1.38. The lowest BCUT2D eigenvalue weighted by Crippen LogP contribution is -2.13. The predicted molar refractivity (Wildman–Crippen MR) is 73.2 cm³/mol. The van der Waals surface area contributed by atoms with Gasteiger partial charge in [-0.1, -0.05) is 0 Å². The molecule has 2 N–H and O–H groups in total. The standard InChI is InChI=1S/C12H14N4OS/c1-3-13-10-7-9(6-8(2)15-10)11(17)16-12-14-4-5-18-12/h4-7H,3H2,1-2H3,(H,13,15)(H,14,16,17). The highest BCUT2D eigenvalue weighted by Crippen LogP contribution is 2.15. The fourth-order valence-electron chi connectivity index (χ4n) is 1.53. The highest BCUT2D eigenvalue weighted by Gasteiger charge is 2.09. The second kappa shape index (κ2) is 5.59. The summed E-state index contributed by atoms with van der Waals surface area (Å²) in [7, 11) is 0. The maximum absolute atomic E-state index is 12.0. The number of nitrogens with one attached hydrogen (secondary N) is 2. The Bertz CT molecular complexity index is 539. The third-order valence-corrected chi connectivity index (χ3v) is 2.91. The zero-order valence-corrected chi connectivity index (χ0v) is 11.0. The third kappa shape index (κ3) is 3.04. The van der Waals surface area contributed by atoms with Gasteiger partial charge in [0.1, 0.15) is 5.82 Å². The highest BCUT2D eigenvalue weighted by molar-refractivity contribution is 7.13. The van der Waals surface area contributed by atoms with Gasteiger partial charge in [-0.05, 0) is 26.0 Å². The summed E-state index contributed by atoms with van der Waals surface area (Å²) in [6.45, 7) is 4.62. The number of pyridine rings is 1. The Balaban J connectivity index is 2.19. The van der Waals surface area contributed by atoms with Crippen LogP contribution in [0.5, 0.6) is 0 Å². The monoisotopic (exact) mass is 262 g/mol. The van der Waals surface area contributed by atoms with Crippen LogP contribution in [-0.2, 0) is 0 Å². The van der Waals surface area contributed by atoms with E-state index in [1.807, 2.05) is 19.2 Å². The third-order valence-electron chi connectivity index (χ3n) is 2.23. The highest BCUT2D eigenvalue weighted by atomic mass is 32.1. The number of carbonyl (C=O) groups is 1. The molecule has 2 heterocycles. The molecule has 0 fully saturated rings. The smallest absolute Gasteiger partial charge is 0.257 e. The molecule has 5 nitrogen and oxygen atoms in total. The summed E-state index contributed by atoms with van der Waals surface area (Å²) in [4.78, 5) is 20.3.